The zero-order chi connectivity index (χ0) is 22.7. The Morgan fingerprint density at radius 2 is 1.24 bits per heavy atom. The maximum atomic E-state index is 12.2. The van der Waals surface area contributed by atoms with E-state index in [1.165, 1.54) is 0 Å². The van der Waals surface area contributed by atoms with Crippen molar-refractivity contribution in [3.05, 3.63) is 0 Å². The molecule has 1 atom stereocenters. The molecule has 29 heavy (non-hydrogen) atoms. The molecular weight excluding hydrogens is 384 g/mol. The van der Waals surface area contributed by atoms with Gasteiger partial charge in [0.2, 0.25) is 5.91 Å². The molecule has 0 aromatic rings. The number of nitrogens with one attached hydrogen (secondary N) is 4. The Hall–Kier alpha value is -2.72. The van der Waals surface area contributed by atoms with Gasteiger partial charge in [-0.2, -0.15) is 0 Å². The van der Waals surface area contributed by atoms with Gasteiger partial charge in [0.1, 0.15) is 17.2 Å². The molecule has 0 spiro atoms. The van der Waals surface area contributed by atoms with Crippen molar-refractivity contribution in [2.24, 2.45) is 0 Å². The SMILES string of the molecule is CC(C)(C)OC(=O)NCCC[C@H](NC(=O)O)C(=O)NCCNC(=O)OC(C)(C)C. The average molecular weight is 418 g/mol. The van der Waals surface area contributed by atoms with Crippen LogP contribution in [0.3, 0.4) is 0 Å². The minimum Gasteiger partial charge on any atom is -0.465 e. The van der Waals surface area contributed by atoms with E-state index in [0.717, 1.165) is 0 Å². The summed E-state index contributed by atoms with van der Waals surface area (Å²) in [4.78, 5) is 46.2. The second-order valence-electron chi connectivity index (χ2n) is 8.29. The molecule has 0 radical (unpaired) electrons. The quantitative estimate of drug-likeness (QED) is 0.356. The molecule has 0 fully saturated rings. The first-order valence-corrected chi connectivity index (χ1v) is 9.40. The first-order chi connectivity index (χ1) is 13.2. The van der Waals surface area contributed by atoms with E-state index in [2.05, 4.69) is 21.3 Å². The fourth-order valence-corrected chi connectivity index (χ4v) is 2.02. The van der Waals surface area contributed by atoms with Crippen molar-refractivity contribution < 1.29 is 33.8 Å². The number of rotatable bonds is 9. The number of hydrogen-bond acceptors (Lipinski definition) is 6. The summed E-state index contributed by atoms with van der Waals surface area (Å²) in [5, 5.41) is 18.6. The summed E-state index contributed by atoms with van der Waals surface area (Å²) in [5.74, 6) is -0.532. The highest BCUT2D eigenvalue weighted by atomic mass is 16.6. The molecule has 0 unspecified atom stereocenters. The summed E-state index contributed by atoms with van der Waals surface area (Å²) in [6.07, 6.45) is -2.00. The van der Waals surface area contributed by atoms with Crippen molar-refractivity contribution in [3.8, 4) is 0 Å². The van der Waals surface area contributed by atoms with E-state index >= 15 is 0 Å². The lowest BCUT2D eigenvalue weighted by atomic mass is 10.1. The van der Waals surface area contributed by atoms with E-state index in [0.29, 0.717) is 6.42 Å². The molecule has 4 amide bonds. The van der Waals surface area contributed by atoms with Crippen LogP contribution in [0.1, 0.15) is 54.4 Å². The predicted molar refractivity (Wildman–Crippen MR) is 106 cm³/mol. The largest absolute Gasteiger partial charge is 0.465 e. The number of carbonyl (C=O) groups excluding carboxylic acids is 3. The van der Waals surface area contributed by atoms with Gasteiger partial charge in [0.25, 0.3) is 0 Å². The molecule has 0 bridgehead atoms. The molecule has 0 rings (SSSR count). The van der Waals surface area contributed by atoms with Gasteiger partial charge in [0, 0.05) is 19.6 Å². The van der Waals surface area contributed by atoms with Gasteiger partial charge in [-0.3, -0.25) is 4.79 Å². The fourth-order valence-electron chi connectivity index (χ4n) is 2.02. The Labute approximate surface area is 171 Å². The van der Waals surface area contributed by atoms with Crippen LogP contribution in [-0.2, 0) is 14.3 Å². The topological polar surface area (TPSA) is 155 Å². The molecule has 0 aromatic heterocycles. The van der Waals surface area contributed by atoms with Gasteiger partial charge in [-0.05, 0) is 54.4 Å². The van der Waals surface area contributed by atoms with Gasteiger partial charge < -0.3 is 35.8 Å². The Morgan fingerprint density at radius 3 is 1.69 bits per heavy atom. The highest BCUT2D eigenvalue weighted by molar-refractivity contribution is 5.85. The minimum atomic E-state index is -1.34. The van der Waals surface area contributed by atoms with Gasteiger partial charge in [-0.15, -0.1) is 0 Å². The second kappa shape index (κ2) is 12.0. The summed E-state index contributed by atoms with van der Waals surface area (Å²) in [6.45, 7) is 10.9. The first kappa shape index (κ1) is 26.3. The Morgan fingerprint density at radius 1 is 0.793 bits per heavy atom. The van der Waals surface area contributed by atoms with Crippen LogP contribution in [0.25, 0.3) is 0 Å². The highest BCUT2D eigenvalue weighted by Crippen LogP contribution is 2.07. The number of hydrogen-bond donors (Lipinski definition) is 5. The monoisotopic (exact) mass is 418 g/mol. The Bertz CT molecular complexity index is 568. The maximum absolute atomic E-state index is 12.2. The van der Waals surface area contributed by atoms with Crippen LogP contribution >= 0.6 is 0 Å². The first-order valence-electron chi connectivity index (χ1n) is 9.40. The molecule has 0 aliphatic carbocycles. The predicted octanol–water partition coefficient (Wildman–Crippen LogP) is 1.57. The summed E-state index contributed by atoms with van der Waals surface area (Å²) < 4.78 is 10.2. The van der Waals surface area contributed by atoms with E-state index in [9.17, 15) is 19.2 Å². The lowest BCUT2D eigenvalue weighted by Crippen LogP contribution is -2.48. The van der Waals surface area contributed by atoms with E-state index in [1.807, 2.05) is 0 Å². The van der Waals surface area contributed by atoms with Crippen LogP contribution in [0.5, 0.6) is 0 Å². The summed E-state index contributed by atoms with van der Waals surface area (Å²) >= 11 is 0. The molecule has 0 aliphatic heterocycles. The van der Waals surface area contributed by atoms with Crippen LogP contribution in [-0.4, -0.2) is 66.2 Å². The lowest BCUT2D eigenvalue weighted by Gasteiger charge is -2.21. The number of amides is 4. The third kappa shape index (κ3) is 16.0. The van der Waals surface area contributed by atoms with Crippen molar-refractivity contribution in [2.45, 2.75) is 71.6 Å². The van der Waals surface area contributed by atoms with E-state index < -0.39 is 41.4 Å². The zero-order valence-electron chi connectivity index (χ0n) is 18.0. The van der Waals surface area contributed by atoms with Gasteiger partial charge in [0.15, 0.2) is 0 Å². The molecular formula is C18H34N4O7. The van der Waals surface area contributed by atoms with Crippen LogP contribution in [0.2, 0.25) is 0 Å². The van der Waals surface area contributed by atoms with Crippen LogP contribution in [0, 0.1) is 0 Å². The van der Waals surface area contributed by atoms with Gasteiger partial charge in [-0.1, -0.05) is 0 Å². The number of alkyl carbamates (subject to hydrolysis) is 2. The molecule has 11 nitrogen and oxygen atoms in total. The van der Waals surface area contributed by atoms with Crippen LogP contribution < -0.4 is 21.3 Å². The van der Waals surface area contributed by atoms with Crippen molar-refractivity contribution in [3.63, 3.8) is 0 Å². The van der Waals surface area contributed by atoms with Crippen molar-refractivity contribution in [2.75, 3.05) is 19.6 Å². The summed E-state index contributed by atoms with van der Waals surface area (Å²) in [5.41, 5.74) is -1.25. The molecule has 0 saturated carbocycles. The Balaban J connectivity index is 4.28. The smallest absolute Gasteiger partial charge is 0.407 e. The molecule has 0 aliphatic rings. The number of carbonyl (C=O) groups is 4. The zero-order valence-corrected chi connectivity index (χ0v) is 18.0. The number of carboxylic acid groups (broad SMARTS) is 1. The summed E-state index contributed by atoms with van der Waals surface area (Å²) in [7, 11) is 0. The maximum Gasteiger partial charge on any atom is 0.407 e. The van der Waals surface area contributed by atoms with Crippen LogP contribution in [0.4, 0.5) is 14.4 Å². The molecule has 5 N–H and O–H groups in total. The van der Waals surface area contributed by atoms with Crippen molar-refractivity contribution >= 4 is 24.2 Å². The molecule has 0 aromatic carbocycles. The van der Waals surface area contributed by atoms with Crippen LogP contribution in [0.15, 0.2) is 0 Å². The van der Waals surface area contributed by atoms with E-state index in [4.69, 9.17) is 14.6 Å². The molecule has 11 heteroatoms. The molecule has 0 heterocycles. The summed E-state index contributed by atoms with van der Waals surface area (Å²) in [6, 6.07) is -0.991. The fraction of sp³-hybridized carbons (Fsp3) is 0.778. The molecule has 0 saturated heterocycles. The highest BCUT2D eigenvalue weighted by Gasteiger charge is 2.21. The van der Waals surface area contributed by atoms with Crippen molar-refractivity contribution in [1.82, 2.24) is 21.3 Å². The lowest BCUT2D eigenvalue weighted by molar-refractivity contribution is -0.123. The second-order valence-corrected chi connectivity index (χ2v) is 8.29. The van der Waals surface area contributed by atoms with E-state index in [-0.39, 0.29) is 26.1 Å². The van der Waals surface area contributed by atoms with Crippen molar-refractivity contribution in [1.29, 1.82) is 0 Å². The van der Waals surface area contributed by atoms with Gasteiger partial charge >= 0.3 is 18.3 Å². The normalized spacial score (nSPS) is 12.3. The third-order valence-corrected chi connectivity index (χ3v) is 3.04. The van der Waals surface area contributed by atoms with E-state index in [1.54, 1.807) is 41.5 Å². The average Bonchev–Trinajstić information content (AvgIpc) is 2.50. The minimum absolute atomic E-state index is 0.103. The standard InChI is InChI=1S/C18H34N4O7/c1-17(2,3)28-15(26)20-9-7-8-12(22-14(24)25)13(23)19-10-11-21-16(27)29-18(4,5)6/h12,22H,7-11H2,1-6H3,(H,19,23)(H,20,26)(H,21,27)(H,24,25)/t12-/m0/s1. The number of ether oxygens (including phenoxy) is 2. The molecule has 168 valence electrons. The van der Waals surface area contributed by atoms with Gasteiger partial charge in [0.05, 0.1) is 0 Å². The Kier molecular flexibility index (Phi) is 10.9. The van der Waals surface area contributed by atoms with Gasteiger partial charge in [-0.25, -0.2) is 14.4 Å². The third-order valence-electron chi connectivity index (χ3n) is 3.04.